The van der Waals surface area contributed by atoms with Crippen LogP contribution in [0.5, 0.6) is 5.75 Å². The minimum atomic E-state index is 0.693. The van der Waals surface area contributed by atoms with E-state index in [-0.39, 0.29) is 0 Å². The molecule has 1 saturated heterocycles. The van der Waals surface area contributed by atoms with Crippen LogP contribution in [0.2, 0.25) is 0 Å². The predicted molar refractivity (Wildman–Crippen MR) is 121 cm³/mol. The third-order valence-electron chi connectivity index (χ3n) is 5.35. The van der Waals surface area contributed by atoms with Gasteiger partial charge in [-0.1, -0.05) is 6.92 Å². The molecule has 7 nitrogen and oxygen atoms in total. The van der Waals surface area contributed by atoms with Crippen LogP contribution in [0.1, 0.15) is 29.5 Å². The molecule has 1 aliphatic heterocycles. The highest BCUT2D eigenvalue weighted by Crippen LogP contribution is 2.31. The average molecular weight is 428 g/mol. The minimum absolute atomic E-state index is 0.693. The Morgan fingerprint density at radius 3 is 2.80 bits per heavy atom. The monoisotopic (exact) mass is 427 g/mol. The number of nitrogens with zero attached hydrogens (tertiary/aromatic N) is 4. The number of aryl methyl sites for hydroxylation is 3. The molecule has 2 aromatic heterocycles. The second-order valence-corrected chi connectivity index (χ2v) is 8.60. The van der Waals surface area contributed by atoms with E-state index in [9.17, 15) is 0 Å². The molecular weight excluding hydrogens is 398 g/mol. The molecule has 0 spiro atoms. The minimum Gasteiger partial charge on any atom is -0.493 e. The van der Waals surface area contributed by atoms with E-state index in [1.54, 1.807) is 17.7 Å². The van der Waals surface area contributed by atoms with Crippen molar-refractivity contribution >= 4 is 33.2 Å². The third kappa shape index (κ3) is 4.88. The molecule has 3 heterocycles. The summed E-state index contributed by atoms with van der Waals surface area (Å²) in [6.45, 7) is 11.7. The number of hydrogen-bond acceptors (Lipinski definition) is 8. The normalized spacial score (nSPS) is 14.9. The first-order chi connectivity index (χ1) is 14.6. The number of fused-ring (bicyclic) bond motifs is 1. The van der Waals surface area contributed by atoms with Gasteiger partial charge in [0.25, 0.3) is 0 Å². The molecular formula is C22H29N5O2S. The van der Waals surface area contributed by atoms with Crippen LogP contribution in [0.4, 0.5) is 10.9 Å². The van der Waals surface area contributed by atoms with Crippen molar-refractivity contribution in [2.75, 3.05) is 44.8 Å². The predicted octanol–water partition coefficient (Wildman–Crippen LogP) is 4.11. The van der Waals surface area contributed by atoms with Gasteiger partial charge in [0.2, 0.25) is 0 Å². The summed E-state index contributed by atoms with van der Waals surface area (Å²) >= 11 is 1.68. The van der Waals surface area contributed by atoms with Gasteiger partial charge in [-0.05, 0) is 38.3 Å². The van der Waals surface area contributed by atoms with Crippen molar-refractivity contribution in [2.45, 2.75) is 33.6 Å². The zero-order chi connectivity index (χ0) is 20.9. The maximum atomic E-state index is 6.08. The molecule has 160 valence electrons. The molecule has 4 rings (SSSR count). The van der Waals surface area contributed by atoms with Crippen molar-refractivity contribution in [3.63, 3.8) is 0 Å². The smallest absolute Gasteiger partial charge is 0.188 e. The quantitative estimate of drug-likeness (QED) is 0.542. The van der Waals surface area contributed by atoms with E-state index in [2.05, 4.69) is 45.1 Å². The summed E-state index contributed by atoms with van der Waals surface area (Å²) in [6.07, 6.45) is 3.57. The topological polar surface area (TPSA) is 72.4 Å². The van der Waals surface area contributed by atoms with Crippen LogP contribution in [0.15, 0.2) is 18.5 Å². The van der Waals surface area contributed by atoms with Gasteiger partial charge in [0, 0.05) is 36.0 Å². The van der Waals surface area contributed by atoms with E-state index in [0.717, 1.165) is 84.5 Å². The van der Waals surface area contributed by atoms with E-state index >= 15 is 0 Å². The van der Waals surface area contributed by atoms with Gasteiger partial charge in [0.15, 0.2) is 5.13 Å². The number of anilines is 2. The fraction of sp³-hybridized carbons (Fsp3) is 0.500. The maximum Gasteiger partial charge on any atom is 0.188 e. The maximum absolute atomic E-state index is 6.08. The standard InChI is InChI=1S/C22H29N5O2S/c1-4-20-16(3)25-22(30-20)26-21-17-12-15(2)19(13-18(17)23-14-24-21)29-9-5-6-27-7-10-28-11-8-27/h12-14H,4-11H2,1-3H3,(H,23,24,25,26). The third-order valence-corrected chi connectivity index (χ3v) is 6.57. The molecule has 0 atom stereocenters. The van der Waals surface area contributed by atoms with E-state index in [1.165, 1.54) is 4.88 Å². The number of aromatic nitrogens is 3. The summed E-state index contributed by atoms with van der Waals surface area (Å²) < 4.78 is 11.5. The number of nitrogens with one attached hydrogen (secondary N) is 1. The van der Waals surface area contributed by atoms with Crippen molar-refractivity contribution in [1.29, 1.82) is 0 Å². The Morgan fingerprint density at radius 2 is 2.03 bits per heavy atom. The molecule has 1 fully saturated rings. The number of benzene rings is 1. The van der Waals surface area contributed by atoms with Crippen molar-refractivity contribution in [1.82, 2.24) is 19.9 Å². The molecule has 30 heavy (non-hydrogen) atoms. The number of morpholine rings is 1. The first-order valence-electron chi connectivity index (χ1n) is 10.6. The van der Waals surface area contributed by atoms with Crippen LogP contribution >= 0.6 is 11.3 Å². The first kappa shape index (κ1) is 21.0. The van der Waals surface area contributed by atoms with Crippen LogP contribution in [0.3, 0.4) is 0 Å². The molecule has 1 N–H and O–H groups in total. The average Bonchev–Trinajstić information content (AvgIpc) is 3.12. The van der Waals surface area contributed by atoms with Gasteiger partial charge in [-0.3, -0.25) is 4.90 Å². The Labute approximate surface area is 181 Å². The summed E-state index contributed by atoms with van der Waals surface area (Å²) in [4.78, 5) is 17.2. The van der Waals surface area contributed by atoms with Crippen LogP contribution in [-0.2, 0) is 11.2 Å². The largest absolute Gasteiger partial charge is 0.493 e. The van der Waals surface area contributed by atoms with Gasteiger partial charge < -0.3 is 14.8 Å². The fourth-order valence-corrected chi connectivity index (χ4v) is 4.55. The zero-order valence-electron chi connectivity index (χ0n) is 17.9. The molecule has 8 heteroatoms. The van der Waals surface area contributed by atoms with Crippen LogP contribution < -0.4 is 10.1 Å². The van der Waals surface area contributed by atoms with Gasteiger partial charge >= 0.3 is 0 Å². The Kier molecular flexibility index (Phi) is 6.76. The second-order valence-electron chi connectivity index (χ2n) is 7.52. The molecule has 1 aromatic carbocycles. The van der Waals surface area contributed by atoms with E-state index in [0.29, 0.717) is 6.61 Å². The number of hydrogen-bond donors (Lipinski definition) is 1. The Balaban J connectivity index is 1.44. The molecule has 0 unspecified atom stereocenters. The molecule has 1 aliphatic rings. The molecule has 0 saturated carbocycles. The van der Waals surface area contributed by atoms with Gasteiger partial charge in [-0.15, -0.1) is 11.3 Å². The van der Waals surface area contributed by atoms with Gasteiger partial charge in [-0.25, -0.2) is 15.0 Å². The highest BCUT2D eigenvalue weighted by Gasteiger charge is 2.13. The van der Waals surface area contributed by atoms with Crippen molar-refractivity contribution < 1.29 is 9.47 Å². The Bertz CT molecular complexity index is 1000. The summed E-state index contributed by atoms with van der Waals surface area (Å²) in [5, 5.41) is 5.22. The van der Waals surface area contributed by atoms with Gasteiger partial charge in [0.1, 0.15) is 17.9 Å². The van der Waals surface area contributed by atoms with Crippen molar-refractivity contribution in [3.05, 3.63) is 34.6 Å². The van der Waals surface area contributed by atoms with Crippen LogP contribution in [0.25, 0.3) is 10.9 Å². The van der Waals surface area contributed by atoms with Gasteiger partial charge in [-0.2, -0.15) is 0 Å². The molecule has 0 radical (unpaired) electrons. The first-order valence-corrected chi connectivity index (χ1v) is 11.4. The molecule has 0 bridgehead atoms. The summed E-state index contributed by atoms with van der Waals surface area (Å²) in [7, 11) is 0. The number of thiazole rings is 1. The van der Waals surface area contributed by atoms with Crippen LogP contribution in [-0.4, -0.2) is 59.3 Å². The van der Waals surface area contributed by atoms with Crippen molar-refractivity contribution in [2.24, 2.45) is 0 Å². The van der Waals surface area contributed by atoms with E-state index < -0.39 is 0 Å². The summed E-state index contributed by atoms with van der Waals surface area (Å²) in [5.74, 6) is 1.66. The lowest BCUT2D eigenvalue weighted by Gasteiger charge is -2.26. The molecule has 3 aromatic rings. The van der Waals surface area contributed by atoms with Crippen LogP contribution in [0, 0.1) is 13.8 Å². The lowest BCUT2D eigenvalue weighted by Crippen LogP contribution is -2.37. The van der Waals surface area contributed by atoms with Crippen molar-refractivity contribution in [3.8, 4) is 5.75 Å². The lowest BCUT2D eigenvalue weighted by molar-refractivity contribution is 0.0358. The second kappa shape index (κ2) is 9.68. The molecule has 0 aliphatic carbocycles. The van der Waals surface area contributed by atoms with E-state index in [4.69, 9.17) is 9.47 Å². The van der Waals surface area contributed by atoms with Gasteiger partial charge in [0.05, 0.1) is 31.0 Å². The Hall–Kier alpha value is -2.29. The highest BCUT2D eigenvalue weighted by atomic mass is 32.1. The summed E-state index contributed by atoms with van der Waals surface area (Å²) in [5.41, 5.74) is 3.02. The summed E-state index contributed by atoms with van der Waals surface area (Å²) in [6, 6.07) is 4.10. The number of rotatable bonds is 8. The molecule has 0 amide bonds. The zero-order valence-corrected chi connectivity index (χ0v) is 18.7. The SMILES string of the molecule is CCc1sc(Nc2ncnc3cc(OCCCN4CCOCC4)c(C)cc23)nc1C. The Morgan fingerprint density at radius 1 is 1.20 bits per heavy atom. The number of ether oxygens (including phenoxy) is 2. The van der Waals surface area contributed by atoms with E-state index in [1.807, 2.05) is 13.0 Å². The highest BCUT2D eigenvalue weighted by molar-refractivity contribution is 7.15. The fourth-order valence-electron chi connectivity index (χ4n) is 3.65. The lowest BCUT2D eigenvalue weighted by atomic mass is 10.1.